The van der Waals surface area contributed by atoms with Gasteiger partial charge in [0.15, 0.2) is 0 Å². The van der Waals surface area contributed by atoms with Crippen molar-refractivity contribution in [2.24, 2.45) is 0 Å². The smallest absolute Gasteiger partial charge is 0.233 e. The van der Waals surface area contributed by atoms with Crippen LogP contribution in [0.5, 0.6) is 0 Å². The maximum atomic E-state index is 11.4. The maximum absolute atomic E-state index is 11.4. The Morgan fingerprint density at radius 3 is 2.85 bits per heavy atom. The first-order chi connectivity index (χ1) is 9.79. The molecule has 5 nitrogen and oxygen atoms in total. The van der Waals surface area contributed by atoms with Crippen molar-refractivity contribution in [3.63, 3.8) is 0 Å². The van der Waals surface area contributed by atoms with Crippen LogP contribution in [0.15, 0.2) is 42.7 Å². The lowest BCUT2D eigenvalue weighted by molar-refractivity contribution is -0.120. The molecule has 5 heteroatoms. The number of amides is 1. The number of para-hydroxylation sites is 1. The average molecular weight is 272 g/mol. The number of carbonyl (C=O) groups excluding carboxylic acids is 1. The highest BCUT2D eigenvalue weighted by molar-refractivity contribution is 5.77. The van der Waals surface area contributed by atoms with Crippen molar-refractivity contribution in [1.29, 1.82) is 0 Å². The van der Waals surface area contributed by atoms with E-state index < -0.39 is 0 Å². The summed E-state index contributed by atoms with van der Waals surface area (Å²) in [6.45, 7) is 3.72. The van der Waals surface area contributed by atoms with Crippen LogP contribution < -0.4 is 10.6 Å². The molecule has 1 aromatic carbocycles. The first-order valence-electron chi connectivity index (χ1n) is 6.86. The zero-order valence-electron chi connectivity index (χ0n) is 11.7. The number of benzene rings is 1. The Kier molecular flexibility index (Phi) is 5.32. The Hall–Kier alpha value is -2.14. The van der Waals surface area contributed by atoms with Crippen molar-refractivity contribution in [3.8, 4) is 5.69 Å². The van der Waals surface area contributed by atoms with Crippen LogP contribution in [0.4, 0.5) is 0 Å². The Bertz CT molecular complexity index is 536. The van der Waals surface area contributed by atoms with Gasteiger partial charge in [-0.2, -0.15) is 5.10 Å². The molecule has 0 unspecified atom stereocenters. The third kappa shape index (κ3) is 4.20. The summed E-state index contributed by atoms with van der Waals surface area (Å²) in [6.07, 6.45) is 4.73. The summed E-state index contributed by atoms with van der Waals surface area (Å²) in [5.74, 6) is 0.0299. The van der Waals surface area contributed by atoms with Crippen molar-refractivity contribution in [2.45, 2.75) is 19.9 Å². The minimum absolute atomic E-state index is 0.0299. The molecule has 0 spiro atoms. The van der Waals surface area contributed by atoms with Gasteiger partial charge < -0.3 is 10.6 Å². The van der Waals surface area contributed by atoms with E-state index in [9.17, 15) is 4.79 Å². The average Bonchev–Trinajstić information content (AvgIpc) is 2.95. The van der Waals surface area contributed by atoms with E-state index in [0.29, 0.717) is 13.1 Å². The fourth-order valence-electron chi connectivity index (χ4n) is 1.82. The Morgan fingerprint density at radius 2 is 2.10 bits per heavy atom. The third-order valence-corrected chi connectivity index (χ3v) is 2.84. The number of nitrogens with zero attached hydrogens (tertiary/aromatic N) is 2. The SMILES string of the molecule is CCCNC(=O)CNCc1cnn(-c2ccccc2)c1. The van der Waals surface area contributed by atoms with E-state index in [4.69, 9.17) is 0 Å². The number of nitrogens with one attached hydrogen (secondary N) is 2. The predicted molar refractivity (Wildman–Crippen MR) is 78.6 cm³/mol. The van der Waals surface area contributed by atoms with Crippen LogP contribution in [0.3, 0.4) is 0 Å². The van der Waals surface area contributed by atoms with Crippen LogP contribution >= 0.6 is 0 Å². The van der Waals surface area contributed by atoms with Gasteiger partial charge in [0.1, 0.15) is 0 Å². The molecule has 0 atom stereocenters. The molecule has 0 radical (unpaired) electrons. The molecular formula is C15H20N4O. The minimum Gasteiger partial charge on any atom is -0.355 e. The van der Waals surface area contributed by atoms with Crippen molar-refractivity contribution >= 4 is 5.91 Å². The van der Waals surface area contributed by atoms with Gasteiger partial charge in [0.05, 0.1) is 18.4 Å². The van der Waals surface area contributed by atoms with E-state index in [-0.39, 0.29) is 5.91 Å². The lowest BCUT2D eigenvalue weighted by atomic mass is 10.3. The number of aromatic nitrogens is 2. The van der Waals surface area contributed by atoms with Gasteiger partial charge in [-0.1, -0.05) is 25.1 Å². The van der Waals surface area contributed by atoms with Crippen LogP contribution in [0.2, 0.25) is 0 Å². The van der Waals surface area contributed by atoms with E-state index >= 15 is 0 Å². The van der Waals surface area contributed by atoms with Crippen LogP contribution in [-0.2, 0) is 11.3 Å². The van der Waals surface area contributed by atoms with Crippen molar-refractivity contribution in [2.75, 3.05) is 13.1 Å². The van der Waals surface area contributed by atoms with Gasteiger partial charge >= 0.3 is 0 Å². The second-order valence-electron chi connectivity index (χ2n) is 4.58. The maximum Gasteiger partial charge on any atom is 0.233 e. The highest BCUT2D eigenvalue weighted by Crippen LogP contribution is 2.07. The molecule has 0 aliphatic rings. The molecule has 106 valence electrons. The van der Waals surface area contributed by atoms with Gasteiger partial charge in [0.25, 0.3) is 0 Å². The van der Waals surface area contributed by atoms with Gasteiger partial charge in [-0.05, 0) is 18.6 Å². The fraction of sp³-hybridized carbons (Fsp3) is 0.333. The second-order valence-corrected chi connectivity index (χ2v) is 4.58. The van der Waals surface area contributed by atoms with Crippen LogP contribution in [0, 0.1) is 0 Å². The summed E-state index contributed by atoms with van der Waals surface area (Å²) in [5.41, 5.74) is 2.08. The Morgan fingerprint density at radius 1 is 1.30 bits per heavy atom. The van der Waals surface area contributed by atoms with E-state index in [2.05, 4.69) is 15.7 Å². The number of hydrogen-bond acceptors (Lipinski definition) is 3. The summed E-state index contributed by atoms with van der Waals surface area (Å²) in [6, 6.07) is 9.94. The summed E-state index contributed by atoms with van der Waals surface area (Å²) in [7, 11) is 0. The first-order valence-corrected chi connectivity index (χ1v) is 6.86. The number of carbonyl (C=O) groups is 1. The summed E-state index contributed by atoms with van der Waals surface area (Å²) < 4.78 is 1.83. The highest BCUT2D eigenvalue weighted by atomic mass is 16.1. The lowest BCUT2D eigenvalue weighted by Crippen LogP contribution is -2.33. The predicted octanol–water partition coefficient (Wildman–Crippen LogP) is 1.49. The molecule has 0 saturated heterocycles. The third-order valence-electron chi connectivity index (χ3n) is 2.84. The molecule has 2 N–H and O–H groups in total. The van der Waals surface area contributed by atoms with E-state index in [1.165, 1.54) is 0 Å². The Balaban J connectivity index is 1.80. The van der Waals surface area contributed by atoms with Crippen molar-refractivity contribution in [1.82, 2.24) is 20.4 Å². The molecule has 0 bridgehead atoms. The second kappa shape index (κ2) is 7.45. The molecular weight excluding hydrogens is 252 g/mol. The van der Waals surface area contributed by atoms with Crippen LogP contribution in [0.25, 0.3) is 5.69 Å². The largest absolute Gasteiger partial charge is 0.355 e. The molecule has 2 aromatic rings. The van der Waals surface area contributed by atoms with Gasteiger partial charge in [-0.3, -0.25) is 4.79 Å². The molecule has 20 heavy (non-hydrogen) atoms. The standard InChI is InChI=1S/C15H20N4O/c1-2-8-17-15(20)11-16-9-13-10-18-19(12-13)14-6-4-3-5-7-14/h3-7,10,12,16H,2,8-9,11H2,1H3,(H,17,20). The lowest BCUT2D eigenvalue weighted by Gasteiger charge is -2.04. The molecule has 1 aromatic heterocycles. The highest BCUT2D eigenvalue weighted by Gasteiger charge is 2.02. The van der Waals surface area contributed by atoms with Crippen LogP contribution in [-0.4, -0.2) is 28.8 Å². The first kappa shape index (κ1) is 14.3. The number of rotatable bonds is 7. The zero-order chi connectivity index (χ0) is 14.2. The summed E-state index contributed by atoms with van der Waals surface area (Å²) in [5, 5.41) is 10.2. The monoisotopic (exact) mass is 272 g/mol. The van der Waals surface area contributed by atoms with Gasteiger partial charge in [-0.25, -0.2) is 4.68 Å². The normalized spacial score (nSPS) is 10.4. The van der Waals surface area contributed by atoms with Crippen LogP contribution in [0.1, 0.15) is 18.9 Å². The minimum atomic E-state index is 0.0299. The zero-order valence-corrected chi connectivity index (χ0v) is 11.7. The molecule has 0 aliphatic carbocycles. The summed E-state index contributed by atoms with van der Waals surface area (Å²) in [4.78, 5) is 11.4. The summed E-state index contributed by atoms with van der Waals surface area (Å²) >= 11 is 0. The van der Waals surface area contributed by atoms with E-state index in [0.717, 1.165) is 24.2 Å². The molecule has 0 saturated carbocycles. The van der Waals surface area contributed by atoms with Crippen molar-refractivity contribution in [3.05, 3.63) is 48.3 Å². The van der Waals surface area contributed by atoms with Gasteiger partial charge in [-0.15, -0.1) is 0 Å². The fourth-order valence-corrected chi connectivity index (χ4v) is 1.82. The van der Waals surface area contributed by atoms with Crippen molar-refractivity contribution < 1.29 is 4.79 Å². The quantitative estimate of drug-likeness (QED) is 0.803. The van der Waals surface area contributed by atoms with Gasteiger partial charge in [0, 0.05) is 24.8 Å². The Labute approximate surface area is 119 Å². The molecule has 0 aliphatic heterocycles. The molecule has 0 fully saturated rings. The van der Waals surface area contributed by atoms with E-state index in [1.54, 1.807) is 0 Å². The number of hydrogen-bond donors (Lipinski definition) is 2. The molecule has 1 heterocycles. The van der Waals surface area contributed by atoms with Gasteiger partial charge in [0.2, 0.25) is 5.91 Å². The topological polar surface area (TPSA) is 59.0 Å². The van der Waals surface area contributed by atoms with E-state index in [1.807, 2.05) is 54.3 Å². The molecule has 1 amide bonds. The molecule has 2 rings (SSSR count).